The smallest absolute Gasteiger partial charge is 0.148 e. The Kier molecular flexibility index (Phi) is 4.79. The molecule has 0 fully saturated rings. The van der Waals surface area contributed by atoms with Crippen LogP contribution < -0.4 is 4.74 Å². The minimum absolute atomic E-state index is 0.509. The van der Waals surface area contributed by atoms with E-state index in [-0.39, 0.29) is 0 Å². The quantitative estimate of drug-likeness (QED) is 0.249. The first-order valence-electron chi connectivity index (χ1n) is 11.7. The van der Waals surface area contributed by atoms with Crippen LogP contribution in [-0.4, -0.2) is 9.55 Å². The Morgan fingerprint density at radius 3 is 2.28 bits per heavy atom. The summed E-state index contributed by atoms with van der Waals surface area (Å²) < 4.78 is 14.4. The van der Waals surface area contributed by atoms with Gasteiger partial charge in [0.1, 0.15) is 33.5 Å². The lowest BCUT2D eigenvalue weighted by molar-refractivity contribution is 0.482. The fraction of sp³-hybridized carbons (Fsp3) is 0. The molecule has 0 unspecified atom stereocenters. The Bertz CT molecular complexity index is 1870. The van der Waals surface area contributed by atoms with E-state index in [4.69, 9.17) is 25.7 Å². The van der Waals surface area contributed by atoms with Gasteiger partial charge < -0.3 is 9.15 Å². The van der Waals surface area contributed by atoms with Crippen molar-refractivity contribution in [2.24, 2.45) is 0 Å². The molecule has 172 valence electrons. The minimum Gasteiger partial charge on any atom is -0.456 e. The van der Waals surface area contributed by atoms with Gasteiger partial charge in [0, 0.05) is 22.4 Å². The second-order valence-electron chi connectivity index (χ2n) is 8.58. The predicted molar refractivity (Wildman–Crippen MR) is 145 cm³/mol. The third-order valence-corrected chi connectivity index (χ3v) is 6.72. The van der Waals surface area contributed by atoms with Gasteiger partial charge in [-0.3, -0.25) is 4.57 Å². The summed E-state index contributed by atoms with van der Waals surface area (Å²) in [7, 11) is 0. The van der Waals surface area contributed by atoms with Crippen molar-refractivity contribution in [2.75, 3.05) is 0 Å². The van der Waals surface area contributed by atoms with E-state index in [0.717, 1.165) is 55.8 Å². The number of nitrogens with zero attached hydrogens (tertiary/aromatic N) is 2. The Balaban J connectivity index is 1.51. The summed E-state index contributed by atoms with van der Waals surface area (Å²) in [4.78, 5) is 5.04. The number of para-hydroxylation sites is 2. The summed E-state index contributed by atoms with van der Waals surface area (Å²) >= 11 is 7.01. The highest BCUT2D eigenvalue weighted by atomic mass is 35.5. The van der Waals surface area contributed by atoms with Crippen molar-refractivity contribution in [1.29, 1.82) is 0 Å². The van der Waals surface area contributed by atoms with Crippen molar-refractivity contribution >= 4 is 44.6 Å². The van der Waals surface area contributed by atoms with Crippen LogP contribution in [0.1, 0.15) is 0 Å². The van der Waals surface area contributed by atoms with Crippen LogP contribution in [0.25, 0.3) is 50.0 Å². The third-order valence-electron chi connectivity index (χ3n) is 6.34. The molecule has 5 heteroatoms. The van der Waals surface area contributed by atoms with Crippen LogP contribution in [-0.2, 0) is 0 Å². The van der Waals surface area contributed by atoms with Crippen LogP contribution in [0.5, 0.6) is 11.5 Å². The molecule has 0 aliphatic rings. The molecular formula is C31H19ClN2O2. The summed E-state index contributed by atoms with van der Waals surface area (Å²) in [5.41, 5.74) is 5.20. The lowest BCUT2D eigenvalue weighted by Gasteiger charge is -2.15. The van der Waals surface area contributed by atoms with E-state index in [9.17, 15) is 0 Å². The van der Waals surface area contributed by atoms with Crippen molar-refractivity contribution in [2.45, 2.75) is 0 Å². The zero-order valence-electron chi connectivity index (χ0n) is 19.1. The van der Waals surface area contributed by atoms with Gasteiger partial charge in [-0.05, 0) is 36.4 Å². The fourth-order valence-corrected chi connectivity index (χ4v) is 4.94. The number of hydrogen-bond donors (Lipinski definition) is 0. The van der Waals surface area contributed by atoms with Crippen LogP contribution in [0.3, 0.4) is 0 Å². The van der Waals surface area contributed by atoms with E-state index in [1.54, 1.807) is 0 Å². The topological polar surface area (TPSA) is 40.2 Å². The van der Waals surface area contributed by atoms with Gasteiger partial charge in [0.25, 0.3) is 0 Å². The lowest BCUT2D eigenvalue weighted by atomic mass is 10.1. The summed E-state index contributed by atoms with van der Waals surface area (Å²) in [6.45, 7) is 0. The van der Waals surface area contributed by atoms with Gasteiger partial charge in [0.15, 0.2) is 0 Å². The molecule has 2 aromatic heterocycles. The van der Waals surface area contributed by atoms with Gasteiger partial charge in [0.2, 0.25) is 0 Å². The molecule has 0 aliphatic carbocycles. The van der Waals surface area contributed by atoms with E-state index < -0.39 is 0 Å². The van der Waals surface area contributed by atoms with Crippen molar-refractivity contribution in [3.63, 3.8) is 0 Å². The number of benzene rings is 5. The Morgan fingerprint density at radius 2 is 1.44 bits per heavy atom. The standard InChI is InChI=1S/C31H19ClN2O2/c32-30-25(15-9-17-28(30)35-21-12-5-2-6-13-21)34-26-18-23-22-14-7-8-16-27(22)36-29(23)19-24(26)33-31(34)20-10-3-1-4-11-20/h1-19H. The van der Waals surface area contributed by atoms with Crippen molar-refractivity contribution < 1.29 is 9.15 Å². The van der Waals surface area contributed by atoms with Gasteiger partial charge in [-0.2, -0.15) is 0 Å². The first-order valence-corrected chi connectivity index (χ1v) is 12.0. The molecule has 0 spiro atoms. The zero-order chi connectivity index (χ0) is 24.1. The Hall–Kier alpha value is -4.54. The van der Waals surface area contributed by atoms with Gasteiger partial charge in [-0.15, -0.1) is 0 Å². The molecule has 7 aromatic rings. The molecule has 0 saturated heterocycles. The number of ether oxygens (including phenoxy) is 1. The van der Waals surface area contributed by atoms with Crippen molar-refractivity contribution in [3.05, 3.63) is 120 Å². The number of furan rings is 1. The van der Waals surface area contributed by atoms with Crippen LogP contribution in [0.4, 0.5) is 0 Å². The van der Waals surface area contributed by atoms with E-state index in [1.807, 2.05) is 91.0 Å². The largest absolute Gasteiger partial charge is 0.456 e. The van der Waals surface area contributed by atoms with Crippen LogP contribution in [0.15, 0.2) is 120 Å². The highest BCUT2D eigenvalue weighted by molar-refractivity contribution is 6.34. The summed E-state index contributed by atoms with van der Waals surface area (Å²) in [6.07, 6.45) is 0. The molecule has 7 rings (SSSR count). The molecule has 0 bridgehead atoms. The van der Waals surface area contributed by atoms with Crippen LogP contribution in [0.2, 0.25) is 5.02 Å². The average Bonchev–Trinajstić information content (AvgIpc) is 3.47. The SMILES string of the molecule is Clc1c(Oc2ccccc2)cccc1-n1c(-c2ccccc2)nc2cc3oc4ccccc4c3cc21. The lowest BCUT2D eigenvalue weighted by Crippen LogP contribution is -1.99. The van der Waals surface area contributed by atoms with Gasteiger partial charge >= 0.3 is 0 Å². The maximum absolute atomic E-state index is 7.01. The number of halogens is 1. The van der Waals surface area contributed by atoms with E-state index in [1.165, 1.54) is 0 Å². The summed E-state index contributed by atoms with van der Waals surface area (Å²) in [6, 6.07) is 37.8. The molecule has 0 saturated carbocycles. The Morgan fingerprint density at radius 1 is 0.694 bits per heavy atom. The molecule has 0 radical (unpaired) electrons. The molecule has 0 N–H and O–H groups in total. The van der Waals surface area contributed by atoms with E-state index in [2.05, 4.69) is 28.8 Å². The number of rotatable bonds is 4. The molecule has 4 nitrogen and oxygen atoms in total. The monoisotopic (exact) mass is 486 g/mol. The number of fused-ring (bicyclic) bond motifs is 4. The highest BCUT2D eigenvalue weighted by Crippen LogP contribution is 2.40. The molecule has 2 heterocycles. The van der Waals surface area contributed by atoms with Gasteiger partial charge in [-0.1, -0.05) is 84.4 Å². The molecule has 36 heavy (non-hydrogen) atoms. The third kappa shape index (κ3) is 3.35. The molecule has 0 amide bonds. The second kappa shape index (κ2) is 8.29. The van der Waals surface area contributed by atoms with E-state index in [0.29, 0.717) is 10.8 Å². The first-order chi connectivity index (χ1) is 17.8. The number of aromatic nitrogens is 2. The molecule has 5 aromatic carbocycles. The van der Waals surface area contributed by atoms with Crippen molar-refractivity contribution in [3.8, 4) is 28.6 Å². The summed E-state index contributed by atoms with van der Waals surface area (Å²) in [5.74, 6) is 2.10. The number of hydrogen-bond acceptors (Lipinski definition) is 3. The van der Waals surface area contributed by atoms with Gasteiger partial charge in [0.05, 0.1) is 16.7 Å². The van der Waals surface area contributed by atoms with E-state index >= 15 is 0 Å². The predicted octanol–water partition coefficient (Wildman–Crippen LogP) is 9.04. The first kappa shape index (κ1) is 20.8. The second-order valence-corrected chi connectivity index (χ2v) is 8.95. The fourth-order valence-electron chi connectivity index (χ4n) is 4.69. The van der Waals surface area contributed by atoms with Crippen LogP contribution >= 0.6 is 11.6 Å². The minimum atomic E-state index is 0.509. The zero-order valence-corrected chi connectivity index (χ0v) is 19.8. The van der Waals surface area contributed by atoms with Gasteiger partial charge in [-0.25, -0.2) is 4.98 Å². The maximum Gasteiger partial charge on any atom is 0.148 e. The highest BCUT2D eigenvalue weighted by Gasteiger charge is 2.20. The molecular weight excluding hydrogens is 468 g/mol. The summed E-state index contributed by atoms with van der Waals surface area (Å²) in [5, 5.41) is 2.61. The van der Waals surface area contributed by atoms with Crippen molar-refractivity contribution in [1.82, 2.24) is 9.55 Å². The number of imidazole rings is 1. The Labute approximate surface area is 211 Å². The van der Waals surface area contributed by atoms with Crippen LogP contribution in [0, 0.1) is 0 Å². The average molecular weight is 487 g/mol. The normalized spacial score (nSPS) is 11.5. The molecule has 0 aliphatic heterocycles. The maximum atomic E-state index is 7.01. The molecule has 0 atom stereocenters.